The van der Waals surface area contributed by atoms with Crippen LogP contribution in [0.3, 0.4) is 0 Å². The number of fused-ring (bicyclic) bond motifs is 1. The number of benzene rings is 1. The third-order valence-electron chi connectivity index (χ3n) is 8.11. The fourth-order valence-corrected chi connectivity index (χ4v) is 5.82. The molecule has 1 unspecified atom stereocenters. The number of hydrogen-bond donors (Lipinski definition) is 3. The van der Waals surface area contributed by atoms with Gasteiger partial charge in [-0.25, -0.2) is 4.98 Å². The molecule has 0 spiro atoms. The maximum Gasteiger partial charge on any atom is 0.294 e. The van der Waals surface area contributed by atoms with E-state index in [4.69, 9.17) is 16.0 Å². The van der Waals surface area contributed by atoms with Gasteiger partial charge in [-0.1, -0.05) is 17.7 Å². The zero-order valence-electron chi connectivity index (χ0n) is 23.4. The van der Waals surface area contributed by atoms with Crippen molar-refractivity contribution in [1.82, 2.24) is 14.8 Å². The number of carbonyl (C=O) groups is 3. The van der Waals surface area contributed by atoms with Gasteiger partial charge in [0.15, 0.2) is 0 Å². The standard InChI is InChI=1S/C30H36ClN5O5/c1-35(2)25(37)16-18-5-11-23-22(15-18)26(27(41-23)29(39)33-24-12-10-21(31)17-32-24)34-28(38)19-6-8-20(9-7-19)30(40)36-13-3-4-14-36/h5,10-12,15,17,19-20,30,40H,3-4,6-9,13-14,16H2,1-2H3,(H,34,38)(H,32,33,39)/t19-,20-,30?. The van der Waals surface area contributed by atoms with Crippen LogP contribution in [0.1, 0.15) is 54.6 Å². The number of aliphatic hydroxyl groups is 1. The van der Waals surface area contributed by atoms with Crippen molar-refractivity contribution in [3.05, 3.63) is 52.9 Å². The molecule has 2 aliphatic rings. The number of carbonyl (C=O) groups excluding carboxylic acids is 3. The first-order chi connectivity index (χ1) is 19.7. The van der Waals surface area contributed by atoms with Gasteiger partial charge in [-0.05, 0) is 74.3 Å². The molecule has 0 radical (unpaired) electrons. The summed E-state index contributed by atoms with van der Waals surface area (Å²) in [5.41, 5.74) is 1.40. The lowest BCUT2D eigenvalue weighted by molar-refractivity contribution is -0.128. The summed E-state index contributed by atoms with van der Waals surface area (Å²) in [6.45, 7) is 1.85. The molecule has 41 heavy (non-hydrogen) atoms. The van der Waals surface area contributed by atoms with Gasteiger partial charge >= 0.3 is 0 Å². The molecule has 218 valence electrons. The van der Waals surface area contributed by atoms with Crippen molar-refractivity contribution in [2.24, 2.45) is 11.8 Å². The molecule has 10 nitrogen and oxygen atoms in total. The van der Waals surface area contributed by atoms with Crippen LogP contribution in [0, 0.1) is 11.8 Å². The van der Waals surface area contributed by atoms with Gasteiger partial charge in [0.05, 0.1) is 11.4 Å². The number of furan rings is 1. The van der Waals surface area contributed by atoms with Crippen LogP contribution in [-0.2, 0) is 16.0 Å². The average Bonchev–Trinajstić information content (AvgIpc) is 3.63. The number of hydrogen-bond acceptors (Lipinski definition) is 7. The molecular weight excluding hydrogens is 546 g/mol. The third-order valence-corrected chi connectivity index (χ3v) is 8.33. The fourth-order valence-electron chi connectivity index (χ4n) is 5.70. The molecule has 2 aromatic heterocycles. The second-order valence-corrected chi connectivity index (χ2v) is 11.6. The number of likely N-dealkylation sites (N-methyl/N-ethyl adjacent to an activating group) is 1. The molecule has 1 aliphatic heterocycles. The summed E-state index contributed by atoms with van der Waals surface area (Å²) >= 11 is 5.92. The number of nitrogens with zero attached hydrogens (tertiary/aromatic N) is 3. The number of anilines is 2. The summed E-state index contributed by atoms with van der Waals surface area (Å²) in [6.07, 6.45) is 6.17. The Morgan fingerprint density at radius 3 is 2.49 bits per heavy atom. The summed E-state index contributed by atoms with van der Waals surface area (Å²) < 4.78 is 5.94. The van der Waals surface area contributed by atoms with Crippen molar-refractivity contribution in [1.29, 1.82) is 0 Å². The minimum absolute atomic E-state index is 0.0562. The van der Waals surface area contributed by atoms with Gasteiger partial charge in [-0.3, -0.25) is 19.3 Å². The number of amides is 3. The monoisotopic (exact) mass is 581 g/mol. The molecule has 1 saturated heterocycles. The predicted octanol–water partition coefficient (Wildman–Crippen LogP) is 4.52. The third kappa shape index (κ3) is 6.72. The summed E-state index contributed by atoms with van der Waals surface area (Å²) in [5.74, 6) is -0.724. The van der Waals surface area contributed by atoms with Gasteiger partial charge in [0, 0.05) is 44.7 Å². The first kappa shape index (κ1) is 29.0. The molecule has 3 heterocycles. The Hall–Kier alpha value is -3.47. The van der Waals surface area contributed by atoms with E-state index in [9.17, 15) is 19.5 Å². The summed E-state index contributed by atoms with van der Waals surface area (Å²) in [6, 6.07) is 8.42. The number of likely N-dealkylation sites (tertiary alicyclic amines) is 1. The number of pyridine rings is 1. The summed E-state index contributed by atoms with van der Waals surface area (Å²) in [5, 5.41) is 17.5. The van der Waals surface area contributed by atoms with Crippen LogP contribution in [-0.4, -0.2) is 71.0 Å². The Kier molecular flexibility index (Phi) is 8.91. The SMILES string of the molecule is CN(C)C(=O)Cc1ccc2oc(C(=O)Nc3ccc(Cl)cn3)c(NC(=O)[C@H]3CC[C@H](C(O)N4CCCC4)CC3)c2c1. The first-order valence-electron chi connectivity index (χ1n) is 14.1. The lowest BCUT2D eigenvalue weighted by atomic mass is 9.80. The lowest BCUT2D eigenvalue weighted by Crippen LogP contribution is -2.41. The van der Waals surface area contributed by atoms with Crippen LogP contribution < -0.4 is 10.6 Å². The highest BCUT2D eigenvalue weighted by molar-refractivity contribution is 6.30. The Bertz CT molecular complexity index is 1410. The van der Waals surface area contributed by atoms with Gasteiger partial charge in [0.2, 0.25) is 17.6 Å². The van der Waals surface area contributed by atoms with Gasteiger partial charge in [0.1, 0.15) is 23.3 Å². The molecule has 1 saturated carbocycles. The number of aliphatic hydroxyl groups excluding tert-OH is 1. The van der Waals surface area contributed by atoms with Crippen LogP contribution >= 0.6 is 11.6 Å². The normalized spacial score (nSPS) is 20.1. The van der Waals surface area contributed by atoms with E-state index in [1.165, 1.54) is 11.1 Å². The highest BCUT2D eigenvalue weighted by Crippen LogP contribution is 2.36. The van der Waals surface area contributed by atoms with E-state index in [1.807, 2.05) is 0 Å². The molecule has 0 bridgehead atoms. The maximum absolute atomic E-state index is 13.5. The topological polar surface area (TPSA) is 128 Å². The molecule has 3 aromatic rings. The largest absolute Gasteiger partial charge is 0.449 e. The van der Waals surface area contributed by atoms with Crippen molar-refractivity contribution in [3.63, 3.8) is 0 Å². The number of nitrogens with one attached hydrogen (secondary N) is 2. The molecule has 11 heteroatoms. The van der Waals surface area contributed by atoms with E-state index in [0.29, 0.717) is 28.8 Å². The smallest absolute Gasteiger partial charge is 0.294 e. The number of halogens is 1. The predicted molar refractivity (Wildman–Crippen MR) is 157 cm³/mol. The van der Waals surface area contributed by atoms with Gasteiger partial charge in [0.25, 0.3) is 5.91 Å². The zero-order chi connectivity index (χ0) is 29.1. The van der Waals surface area contributed by atoms with Crippen molar-refractivity contribution in [2.45, 2.75) is 51.2 Å². The van der Waals surface area contributed by atoms with Crippen LogP contribution in [0.5, 0.6) is 0 Å². The van der Waals surface area contributed by atoms with Gasteiger partial charge in [-0.15, -0.1) is 0 Å². The Balaban J connectivity index is 1.37. The quantitative estimate of drug-likeness (QED) is 0.357. The van der Waals surface area contributed by atoms with E-state index in [0.717, 1.165) is 44.3 Å². The average molecular weight is 582 g/mol. The Labute approximate surface area is 244 Å². The lowest BCUT2D eigenvalue weighted by Gasteiger charge is -2.35. The van der Waals surface area contributed by atoms with E-state index < -0.39 is 12.1 Å². The molecule has 3 amide bonds. The van der Waals surface area contributed by atoms with Gasteiger partial charge in [-0.2, -0.15) is 0 Å². The van der Waals surface area contributed by atoms with Crippen LogP contribution in [0.15, 0.2) is 40.9 Å². The van der Waals surface area contributed by atoms with E-state index >= 15 is 0 Å². The second kappa shape index (κ2) is 12.6. The molecule has 1 aliphatic carbocycles. The Morgan fingerprint density at radius 1 is 1.10 bits per heavy atom. The maximum atomic E-state index is 13.5. The van der Waals surface area contributed by atoms with E-state index in [2.05, 4.69) is 20.5 Å². The number of rotatable bonds is 8. The fraction of sp³-hybridized carbons (Fsp3) is 0.467. The summed E-state index contributed by atoms with van der Waals surface area (Å²) in [4.78, 5) is 47.0. The Morgan fingerprint density at radius 2 is 1.83 bits per heavy atom. The molecule has 2 fully saturated rings. The highest BCUT2D eigenvalue weighted by atomic mass is 35.5. The molecule has 1 atom stereocenters. The van der Waals surface area contributed by atoms with Crippen LogP contribution in [0.2, 0.25) is 5.02 Å². The van der Waals surface area contributed by atoms with E-state index in [1.54, 1.807) is 44.4 Å². The minimum atomic E-state index is -0.574. The van der Waals surface area contributed by atoms with Crippen LogP contribution in [0.25, 0.3) is 11.0 Å². The highest BCUT2D eigenvalue weighted by Gasteiger charge is 2.34. The molecule has 1 aromatic carbocycles. The first-order valence-corrected chi connectivity index (χ1v) is 14.5. The van der Waals surface area contributed by atoms with Crippen molar-refractivity contribution in [3.8, 4) is 0 Å². The van der Waals surface area contributed by atoms with Crippen molar-refractivity contribution >= 4 is 51.8 Å². The van der Waals surface area contributed by atoms with Gasteiger partial charge < -0.3 is 25.1 Å². The zero-order valence-corrected chi connectivity index (χ0v) is 24.1. The molecular formula is C30H36ClN5O5. The minimum Gasteiger partial charge on any atom is -0.449 e. The molecule has 3 N–H and O–H groups in total. The molecule has 5 rings (SSSR count). The van der Waals surface area contributed by atoms with E-state index in [-0.39, 0.29) is 47.3 Å². The summed E-state index contributed by atoms with van der Waals surface area (Å²) in [7, 11) is 3.38. The second-order valence-electron chi connectivity index (χ2n) is 11.2. The van der Waals surface area contributed by atoms with Crippen molar-refractivity contribution < 1.29 is 23.9 Å². The van der Waals surface area contributed by atoms with Crippen molar-refractivity contribution in [2.75, 3.05) is 37.8 Å². The van der Waals surface area contributed by atoms with Crippen LogP contribution in [0.4, 0.5) is 11.5 Å². The number of aromatic nitrogens is 1.